The first kappa shape index (κ1) is 14.7. The van der Waals surface area contributed by atoms with Crippen LogP contribution in [0.3, 0.4) is 0 Å². The Labute approximate surface area is 125 Å². The van der Waals surface area contributed by atoms with E-state index in [1.165, 1.54) is 15.6 Å². The highest BCUT2D eigenvalue weighted by Crippen LogP contribution is 2.32. The van der Waals surface area contributed by atoms with Gasteiger partial charge in [0.05, 0.1) is 9.98 Å². The molecule has 0 atom stereocenters. The SMILES string of the molecule is Cc1cc(S(=O)(=O)N(C)Cc2cnn(C)c2)sc1Br. The van der Waals surface area contributed by atoms with Crippen LogP contribution in [0.15, 0.2) is 26.5 Å². The number of nitrogens with zero attached hydrogens (tertiary/aromatic N) is 3. The Bertz CT molecular complexity index is 671. The number of aryl methyl sites for hydroxylation is 2. The summed E-state index contributed by atoms with van der Waals surface area (Å²) in [7, 11) is -0.0668. The van der Waals surface area contributed by atoms with Crippen molar-refractivity contribution in [3.63, 3.8) is 0 Å². The molecule has 5 nitrogen and oxygen atoms in total. The molecule has 0 spiro atoms. The normalized spacial score (nSPS) is 12.3. The van der Waals surface area contributed by atoms with E-state index in [-0.39, 0.29) is 0 Å². The Kier molecular flexibility index (Phi) is 4.14. The Balaban J connectivity index is 2.24. The van der Waals surface area contributed by atoms with Gasteiger partial charge < -0.3 is 0 Å². The number of aromatic nitrogens is 2. The van der Waals surface area contributed by atoms with Crippen molar-refractivity contribution in [3.8, 4) is 0 Å². The Morgan fingerprint density at radius 1 is 1.53 bits per heavy atom. The predicted molar refractivity (Wildman–Crippen MR) is 78.6 cm³/mol. The average Bonchev–Trinajstić information content (AvgIpc) is 2.87. The summed E-state index contributed by atoms with van der Waals surface area (Å²) < 4.78 is 29.0. The topological polar surface area (TPSA) is 55.2 Å². The molecule has 0 N–H and O–H groups in total. The fourth-order valence-corrected chi connectivity index (χ4v) is 5.20. The highest BCUT2D eigenvalue weighted by Gasteiger charge is 2.24. The van der Waals surface area contributed by atoms with Gasteiger partial charge in [-0.05, 0) is 34.5 Å². The number of hydrogen-bond acceptors (Lipinski definition) is 4. The van der Waals surface area contributed by atoms with Crippen LogP contribution < -0.4 is 0 Å². The van der Waals surface area contributed by atoms with Crippen molar-refractivity contribution in [2.45, 2.75) is 17.7 Å². The van der Waals surface area contributed by atoms with Crippen LogP contribution in [0.1, 0.15) is 11.1 Å². The van der Waals surface area contributed by atoms with Gasteiger partial charge in [0.2, 0.25) is 0 Å². The molecule has 19 heavy (non-hydrogen) atoms. The van der Waals surface area contributed by atoms with Gasteiger partial charge in [0, 0.05) is 32.4 Å². The Hall–Kier alpha value is -0.700. The molecule has 0 saturated heterocycles. The third-order valence-electron chi connectivity index (χ3n) is 2.66. The lowest BCUT2D eigenvalue weighted by Crippen LogP contribution is -2.25. The first-order chi connectivity index (χ1) is 8.80. The molecule has 0 radical (unpaired) electrons. The predicted octanol–water partition coefficient (Wildman–Crippen LogP) is 2.37. The molecule has 0 aliphatic carbocycles. The highest BCUT2D eigenvalue weighted by atomic mass is 79.9. The third-order valence-corrected chi connectivity index (χ3v) is 7.05. The van der Waals surface area contributed by atoms with Crippen LogP contribution in [0.5, 0.6) is 0 Å². The van der Waals surface area contributed by atoms with Crippen molar-refractivity contribution in [1.82, 2.24) is 14.1 Å². The van der Waals surface area contributed by atoms with Crippen molar-refractivity contribution in [3.05, 3.63) is 33.4 Å². The molecule has 2 aromatic heterocycles. The summed E-state index contributed by atoms with van der Waals surface area (Å²) in [5.41, 5.74) is 1.79. The molecule has 2 aromatic rings. The summed E-state index contributed by atoms with van der Waals surface area (Å²) in [4.78, 5) is 0. The molecule has 0 aliphatic heterocycles. The number of sulfonamides is 1. The quantitative estimate of drug-likeness (QED) is 0.837. The van der Waals surface area contributed by atoms with Crippen LogP contribution in [0, 0.1) is 6.92 Å². The van der Waals surface area contributed by atoms with Gasteiger partial charge in [0.15, 0.2) is 0 Å². The largest absolute Gasteiger partial charge is 0.275 e. The van der Waals surface area contributed by atoms with Crippen molar-refractivity contribution in [2.75, 3.05) is 7.05 Å². The summed E-state index contributed by atoms with van der Waals surface area (Å²) in [5, 5.41) is 4.03. The fraction of sp³-hybridized carbons (Fsp3) is 0.364. The maximum atomic E-state index is 12.4. The van der Waals surface area contributed by atoms with Gasteiger partial charge in [0.25, 0.3) is 10.0 Å². The lowest BCUT2D eigenvalue weighted by molar-refractivity contribution is 0.468. The smallest absolute Gasteiger partial charge is 0.252 e. The molecule has 0 amide bonds. The van der Waals surface area contributed by atoms with Crippen LogP contribution in [-0.4, -0.2) is 29.6 Å². The molecule has 0 fully saturated rings. The van der Waals surface area contributed by atoms with E-state index in [1.54, 1.807) is 31.0 Å². The number of rotatable bonds is 4. The van der Waals surface area contributed by atoms with E-state index in [4.69, 9.17) is 0 Å². The van der Waals surface area contributed by atoms with E-state index in [0.717, 1.165) is 14.9 Å². The van der Waals surface area contributed by atoms with Gasteiger partial charge >= 0.3 is 0 Å². The van der Waals surface area contributed by atoms with Crippen molar-refractivity contribution >= 4 is 37.3 Å². The number of thiophene rings is 1. The van der Waals surface area contributed by atoms with Crippen LogP contribution >= 0.6 is 27.3 Å². The zero-order chi connectivity index (χ0) is 14.2. The standard InChI is InChI=1S/C11H14BrN3O2S2/c1-8-4-10(18-11(8)12)19(16,17)15(3)7-9-5-13-14(2)6-9/h4-6H,7H2,1-3H3. The van der Waals surface area contributed by atoms with Crippen LogP contribution in [0.25, 0.3) is 0 Å². The lowest BCUT2D eigenvalue weighted by atomic mass is 10.4. The maximum Gasteiger partial charge on any atom is 0.252 e. The molecule has 0 unspecified atom stereocenters. The van der Waals surface area contributed by atoms with E-state index in [9.17, 15) is 8.42 Å². The third kappa shape index (κ3) is 3.07. The molecule has 2 rings (SSSR count). The van der Waals surface area contributed by atoms with Crippen molar-refractivity contribution in [1.29, 1.82) is 0 Å². The molecule has 104 valence electrons. The van der Waals surface area contributed by atoms with Gasteiger partial charge in [-0.3, -0.25) is 4.68 Å². The molecule has 0 aliphatic rings. The van der Waals surface area contributed by atoms with E-state index >= 15 is 0 Å². The van der Waals surface area contributed by atoms with Gasteiger partial charge in [-0.25, -0.2) is 8.42 Å². The Morgan fingerprint density at radius 3 is 2.68 bits per heavy atom. The minimum Gasteiger partial charge on any atom is -0.275 e. The average molecular weight is 364 g/mol. The van der Waals surface area contributed by atoms with Crippen LogP contribution in [-0.2, 0) is 23.6 Å². The molecule has 0 saturated carbocycles. The van der Waals surface area contributed by atoms with E-state index in [1.807, 2.05) is 13.1 Å². The summed E-state index contributed by atoms with van der Waals surface area (Å²) in [6.07, 6.45) is 3.48. The Morgan fingerprint density at radius 2 is 2.21 bits per heavy atom. The van der Waals surface area contributed by atoms with Gasteiger partial charge in [0.1, 0.15) is 4.21 Å². The molecular formula is C11H14BrN3O2S2. The first-order valence-electron chi connectivity index (χ1n) is 5.50. The minimum absolute atomic E-state index is 0.310. The number of halogens is 1. The van der Waals surface area contributed by atoms with Crippen molar-refractivity contribution < 1.29 is 8.42 Å². The molecule has 8 heteroatoms. The van der Waals surface area contributed by atoms with Gasteiger partial charge in [-0.1, -0.05) is 0 Å². The fourth-order valence-electron chi connectivity index (χ4n) is 1.61. The summed E-state index contributed by atoms with van der Waals surface area (Å²) in [6, 6.07) is 1.68. The second-order valence-corrected chi connectivity index (χ2v) is 8.95. The monoisotopic (exact) mass is 363 g/mol. The first-order valence-corrected chi connectivity index (χ1v) is 8.55. The highest BCUT2D eigenvalue weighted by molar-refractivity contribution is 9.11. The molecule has 0 aromatic carbocycles. The maximum absolute atomic E-state index is 12.4. The summed E-state index contributed by atoms with van der Waals surface area (Å²) in [5.74, 6) is 0. The van der Waals surface area contributed by atoms with Crippen LogP contribution in [0.2, 0.25) is 0 Å². The zero-order valence-corrected chi connectivity index (χ0v) is 14.0. The number of hydrogen-bond donors (Lipinski definition) is 0. The second-order valence-electron chi connectivity index (χ2n) is 4.31. The van der Waals surface area contributed by atoms with E-state index in [2.05, 4.69) is 21.0 Å². The van der Waals surface area contributed by atoms with E-state index < -0.39 is 10.0 Å². The molecule has 2 heterocycles. The van der Waals surface area contributed by atoms with Crippen molar-refractivity contribution in [2.24, 2.45) is 7.05 Å². The van der Waals surface area contributed by atoms with Crippen LogP contribution in [0.4, 0.5) is 0 Å². The minimum atomic E-state index is -3.44. The summed E-state index contributed by atoms with van der Waals surface area (Å²) in [6.45, 7) is 2.19. The lowest BCUT2D eigenvalue weighted by Gasteiger charge is -2.14. The van der Waals surface area contributed by atoms with E-state index in [0.29, 0.717) is 10.8 Å². The second kappa shape index (κ2) is 5.35. The zero-order valence-electron chi connectivity index (χ0n) is 10.8. The molecular weight excluding hydrogens is 350 g/mol. The molecule has 0 bridgehead atoms. The van der Waals surface area contributed by atoms with Gasteiger partial charge in [-0.2, -0.15) is 9.40 Å². The summed E-state index contributed by atoms with van der Waals surface area (Å²) >= 11 is 4.58. The van der Waals surface area contributed by atoms with Gasteiger partial charge in [-0.15, -0.1) is 11.3 Å².